The molecule has 2 rings (SSSR count). The molecule has 0 unspecified atom stereocenters. The molecule has 39 heavy (non-hydrogen) atoms. The first-order valence-electron chi connectivity index (χ1n) is 13.1. The van der Waals surface area contributed by atoms with Crippen molar-refractivity contribution in [1.82, 2.24) is 4.83 Å². The largest absolute Gasteiger partial charge is 0.517 e. The van der Waals surface area contributed by atoms with Crippen LogP contribution in [0.3, 0.4) is 0 Å². The average Bonchev–Trinajstić information content (AvgIpc) is 2.82. The number of benzene rings is 1. The zero-order chi connectivity index (χ0) is 29.5. The first-order chi connectivity index (χ1) is 17.9. The second-order valence-corrected chi connectivity index (χ2v) is 18.0. The fraction of sp³-hybridized carbons (Fsp3) is 0.731. The number of alkyl halides is 3. The molecule has 1 fully saturated rings. The first kappa shape index (κ1) is 33.5. The van der Waals surface area contributed by atoms with Gasteiger partial charge in [-0.2, -0.15) is 31.5 Å². The van der Waals surface area contributed by atoms with Crippen LogP contribution < -0.4 is 9.57 Å². The van der Waals surface area contributed by atoms with E-state index in [1.165, 1.54) is 4.83 Å². The van der Waals surface area contributed by atoms with Crippen LogP contribution in [0, 0.1) is 5.92 Å². The SMILES string of the molecule is COc1ccc(COC[C@H](C)C[C@@H]2CC/C(=N\NS(=O)(=O)C(F)(F)F)[C@@H](CCO[Si](C)(C)C(C)(C)C)O2)cc1. The van der Waals surface area contributed by atoms with Crippen LogP contribution in [0.5, 0.6) is 5.75 Å². The number of hydrogen-bond donors (Lipinski definition) is 1. The Morgan fingerprint density at radius 1 is 1.18 bits per heavy atom. The van der Waals surface area contributed by atoms with Crippen molar-refractivity contribution in [2.45, 2.75) is 95.8 Å². The number of hydrogen-bond acceptors (Lipinski definition) is 7. The van der Waals surface area contributed by atoms with Crippen molar-refractivity contribution in [1.29, 1.82) is 0 Å². The van der Waals surface area contributed by atoms with Gasteiger partial charge >= 0.3 is 15.5 Å². The summed E-state index contributed by atoms with van der Waals surface area (Å²) in [6.07, 6.45) is 1.05. The van der Waals surface area contributed by atoms with E-state index in [1.54, 1.807) is 7.11 Å². The Hall–Kier alpha value is -1.67. The molecule has 1 aromatic rings. The molecule has 13 heteroatoms. The molecule has 0 bridgehead atoms. The average molecular weight is 597 g/mol. The zero-order valence-corrected chi connectivity index (χ0v) is 25.7. The maximum absolute atomic E-state index is 12.8. The summed E-state index contributed by atoms with van der Waals surface area (Å²) in [6, 6.07) is 7.64. The van der Waals surface area contributed by atoms with E-state index in [0.717, 1.165) is 11.3 Å². The van der Waals surface area contributed by atoms with Gasteiger partial charge in [-0.05, 0) is 61.0 Å². The van der Waals surface area contributed by atoms with Gasteiger partial charge in [0.05, 0.1) is 31.6 Å². The normalized spacial score (nSPS) is 21.1. The minimum Gasteiger partial charge on any atom is -0.497 e. The topological polar surface area (TPSA) is 95.5 Å². The molecule has 3 atom stereocenters. The number of nitrogens with one attached hydrogen (secondary N) is 1. The van der Waals surface area contributed by atoms with Crippen LogP contribution in [0.15, 0.2) is 29.4 Å². The van der Waals surface area contributed by atoms with E-state index in [4.69, 9.17) is 18.6 Å². The van der Waals surface area contributed by atoms with Gasteiger partial charge in [0.1, 0.15) is 5.75 Å². The molecule has 0 amide bonds. The van der Waals surface area contributed by atoms with Crippen LogP contribution in [-0.4, -0.2) is 60.5 Å². The minimum atomic E-state index is -5.59. The Morgan fingerprint density at radius 3 is 2.38 bits per heavy atom. The van der Waals surface area contributed by atoms with E-state index < -0.39 is 30.0 Å². The maximum Gasteiger partial charge on any atom is 0.517 e. The molecule has 1 saturated heterocycles. The summed E-state index contributed by atoms with van der Waals surface area (Å²) in [5.41, 5.74) is -4.18. The second kappa shape index (κ2) is 13.8. The quantitative estimate of drug-likeness (QED) is 0.222. The van der Waals surface area contributed by atoms with Gasteiger partial charge in [0.15, 0.2) is 8.32 Å². The van der Waals surface area contributed by atoms with Crippen LogP contribution in [0.4, 0.5) is 13.2 Å². The number of nitrogens with zero attached hydrogens (tertiary/aromatic N) is 1. The summed E-state index contributed by atoms with van der Waals surface area (Å²) < 4.78 is 84.8. The van der Waals surface area contributed by atoms with Crippen LogP contribution in [-0.2, 0) is 30.5 Å². The van der Waals surface area contributed by atoms with Crippen molar-refractivity contribution in [2.24, 2.45) is 11.0 Å². The molecule has 1 heterocycles. The predicted molar refractivity (Wildman–Crippen MR) is 148 cm³/mol. The molecular weight excluding hydrogens is 553 g/mol. The van der Waals surface area contributed by atoms with Gasteiger partial charge in [0.25, 0.3) is 0 Å². The third-order valence-corrected chi connectivity index (χ3v) is 12.7. The Balaban J connectivity index is 1.99. The number of halogens is 3. The Labute approximate surface area is 231 Å². The summed E-state index contributed by atoms with van der Waals surface area (Å²) in [6.45, 7) is 13.9. The van der Waals surface area contributed by atoms with Gasteiger partial charge in [-0.25, -0.2) is 0 Å². The maximum atomic E-state index is 12.8. The van der Waals surface area contributed by atoms with E-state index in [-0.39, 0.29) is 22.8 Å². The number of sulfonamides is 1. The predicted octanol–water partition coefficient (Wildman–Crippen LogP) is 5.99. The lowest BCUT2D eigenvalue weighted by molar-refractivity contribution is -0.0449. The lowest BCUT2D eigenvalue weighted by Gasteiger charge is -2.37. The molecule has 0 saturated carbocycles. The highest BCUT2D eigenvalue weighted by molar-refractivity contribution is 7.90. The zero-order valence-electron chi connectivity index (χ0n) is 23.9. The third kappa shape index (κ3) is 10.3. The summed E-state index contributed by atoms with van der Waals surface area (Å²) in [7, 11) is -6.04. The van der Waals surface area contributed by atoms with Crippen molar-refractivity contribution in [3.8, 4) is 5.75 Å². The standard InChI is InChI=1S/C26H43F3N2O6SSi/c1-19(17-35-18-20-8-10-21(34-5)11-9-20)16-22-12-13-23(30-31-38(32,33)26(27,28)29)24(37-22)14-15-36-39(6,7)25(2,3)4/h8-11,19,22,24,31H,12-18H2,1-7H3/b30-23+/t19-,22+,24-/m1/s1. The molecule has 224 valence electrons. The van der Waals surface area contributed by atoms with Crippen molar-refractivity contribution in [3.05, 3.63) is 29.8 Å². The van der Waals surface area contributed by atoms with Crippen LogP contribution in [0.2, 0.25) is 18.1 Å². The fourth-order valence-electron chi connectivity index (χ4n) is 3.81. The lowest BCUT2D eigenvalue weighted by Crippen LogP contribution is -2.43. The number of hydrazone groups is 1. The number of rotatable bonds is 13. The molecule has 8 nitrogen and oxygen atoms in total. The molecule has 1 aliphatic heterocycles. The molecular formula is C26H43F3N2O6SSi. The lowest BCUT2D eigenvalue weighted by atomic mass is 9.94. The number of methoxy groups -OCH3 is 1. The van der Waals surface area contributed by atoms with Gasteiger partial charge in [-0.15, -0.1) is 0 Å². The third-order valence-electron chi connectivity index (χ3n) is 7.21. The van der Waals surface area contributed by atoms with Crippen molar-refractivity contribution >= 4 is 24.1 Å². The molecule has 0 aromatic heterocycles. The Kier molecular flexibility index (Phi) is 11.9. The molecule has 1 N–H and O–H groups in total. The second-order valence-electron chi connectivity index (χ2n) is 11.5. The van der Waals surface area contributed by atoms with Crippen molar-refractivity contribution in [3.63, 3.8) is 0 Å². The van der Waals surface area contributed by atoms with E-state index in [2.05, 4.69) is 39.0 Å². The Bertz CT molecular complexity index is 1040. The van der Waals surface area contributed by atoms with Crippen LogP contribution in [0.1, 0.15) is 58.9 Å². The fourth-order valence-corrected chi connectivity index (χ4v) is 5.21. The van der Waals surface area contributed by atoms with Crippen molar-refractivity contribution in [2.75, 3.05) is 20.3 Å². The Morgan fingerprint density at radius 2 is 1.82 bits per heavy atom. The van der Waals surface area contributed by atoms with Gasteiger partial charge in [-0.3, -0.25) is 0 Å². The highest BCUT2D eigenvalue weighted by Gasteiger charge is 2.46. The molecule has 0 aliphatic carbocycles. The van der Waals surface area contributed by atoms with E-state index >= 15 is 0 Å². The summed E-state index contributed by atoms with van der Waals surface area (Å²) in [5, 5.41) is 3.62. The van der Waals surface area contributed by atoms with Gasteiger partial charge in [0.2, 0.25) is 0 Å². The molecule has 0 spiro atoms. The van der Waals surface area contributed by atoms with E-state index in [9.17, 15) is 21.6 Å². The molecule has 1 aromatic carbocycles. The van der Waals surface area contributed by atoms with Crippen molar-refractivity contribution < 1.29 is 40.2 Å². The summed E-state index contributed by atoms with van der Waals surface area (Å²) >= 11 is 0. The van der Waals surface area contributed by atoms with Gasteiger partial charge in [-0.1, -0.05) is 39.8 Å². The minimum absolute atomic E-state index is 0.0104. The molecule has 1 aliphatic rings. The highest BCUT2D eigenvalue weighted by atomic mass is 32.2. The monoisotopic (exact) mass is 596 g/mol. The molecule has 0 radical (unpaired) electrons. The van der Waals surface area contributed by atoms with E-state index in [1.807, 2.05) is 31.2 Å². The van der Waals surface area contributed by atoms with Gasteiger partial charge in [0, 0.05) is 19.6 Å². The highest BCUT2D eigenvalue weighted by Crippen LogP contribution is 2.37. The number of ether oxygens (including phenoxy) is 3. The van der Waals surface area contributed by atoms with Crippen LogP contribution >= 0.6 is 0 Å². The smallest absolute Gasteiger partial charge is 0.497 e. The van der Waals surface area contributed by atoms with Gasteiger partial charge < -0.3 is 18.6 Å². The summed E-state index contributed by atoms with van der Waals surface area (Å²) in [4.78, 5) is 1.33. The van der Waals surface area contributed by atoms with E-state index in [0.29, 0.717) is 45.5 Å². The first-order valence-corrected chi connectivity index (χ1v) is 17.5. The van der Waals surface area contributed by atoms with Crippen LogP contribution in [0.25, 0.3) is 0 Å². The summed E-state index contributed by atoms with van der Waals surface area (Å²) in [5.74, 6) is 0.944.